The van der Waals surface area contributed by atoms with Gasteiger partial charge in [-0.25, -0.2) is 0 Å². The molecule has 154 valence electrons. The number of halogens is 1. The van der Waals surface area contributed by atoms with Crippen LogP contribution in [-0.4, -0.2) is 62.3 Å². The van der Waals surface area contributed by atoms with Crippen LogP contribution in [0.3, 0.4) is 0 Å². The van der Waals surface area contributed by atoms with Gasteiger partial charge in [0.15, 0.2) is 5.96 Å². The smallest absolute Gasteiger partial charge is 0.191 e. The van der Waals surface area contributed by atoms with Gasteiger partial charge >= 0.3 is 0 Å². The third-order valence-corrected chi connectivity index (χ3v) is 5.29. The Morgan fingerprint density at radius 3 is 2.46 bits per heavy atom. The SMILES string of the molecule is CCNC(=NCC1CCCOC1C(C)(C)C)NCCN(CC)C1CC1.I. The third kappa shape index (κ3) is 7.89. The number of ether oxygens (including phenoxy) is 1. The number of aliphatic imine (C=N–C) groups is 1. The molecule has 2 rings (SSSR count). The monoisotopic (exact) mass is 480 g/mol. The van der Waals surface area contributed by atoms with Gasteiger partial charge in [0, 0.05) is 44.7 Å². The van der Waals surface area contributed by atoms with Gasteiger partial charge in [-0.1, -0.05) is 27.7 Å². The van der Waals surface area contributed by atoms with Gasteiger partial charge in [-0.15, -0.1) is 24.0 Å². The van der Waals surface area contributed by atoms with Crippen LogP contribution < -0.4 is 10.6 Å². The largest absolute Gasteiger partial charge is 0.377 e. The molecular weight excluding hydrogens is 439 g/mol. The number of nitrogens with one attached hydrogen (secondary N) is 2. The lowest BCUT2D eigenvalue weighted by Crippen LogP contribution is -2.44. The molecule has 0 bridgehead atoms. The van der Waals surface area contributed by atoms with Crippen molar-refractivity contribution in [2.45, 2.75) is 72.4 Å². The first-order valence-electron chi connectivity index (χ1n) is 10.3. The van der Waals surface area contributed by atoms with E-state index in [9.17, 15) is 0 Å². The van der Waals surface area contributed by atoms with E-state index < -0.39 is 0 Å². The van der Waals surface area contributed by atoms with E-state index >= 15 is 0 Å². The van der Waals surface area contributed by atoms with Crippen LogP contribution in [0.1, 0.15) is 60.3 Å². The molecule has 2 N–H and O–H groups in total. The van der Waals surface area contributed by atoms with Crippen molar-refractivity contribution in [1.82, 2.24) is 15.5 Å². The van der Waals surface area contributed by atoms with E-state index in [1.54, 1.807) is 0 Å². The van der Waals surface area contributed by atoms with Crippen molar-refractivity contribution >= 4 is 29.9 Å². The first-order chi connectivity index (χ1) is 12.0. The maximum absolute atomic E-state index is 6.09. The summed E-state index contributed by atoms with van der Waals surface area (Å²) in [5.41, 5.74) is 0.179. The molecule has 2 fully saturated rings. The van der Waals surface area contributed by atoms with Crippen LogP contribution in [0, 0.1) is 11.3 Å². The van der Waals surface area contributed by atoms with Crippen LogP contribution in [-0.2, 0) is 4.74 Å². The highest BCUT2D eigenvalue weighted by Gasteiger charge is 2.35. The van der Waals surface area contributed by atoms with Gasteiger partial charge in [0.05, 0.1) is 6.10 Å². The maximum Gasteiger partial charge on any atom is 0.191 e. The fourth-order valence-electron chi connectivity index (χ4n) is 3.89. The Bertz CT molecular complexity index is 421. The molecule has 0 spiro atoms. The number of guanidine groups is 1. The molecule has 5 nitrogen and oxygen atoms in total. The van der Waals surface area contributed by atoms with Crippen molar-refractivity contribution in [2.75, 3.05) is 39.3 Å². The number of nitrogens with zero attached hydrogens (tertiary/aromatic N) is 2. The number of hydrogen-bond acceptors (Lipinski definition) is 3. The Morgan fingerprint density at radius 2 is 1.88 bits per heavy atom. The molecule has 0 radical (unpaired) electrons. The summed E-state index contributed by atoms with van der Waals surface area (Å²) in [6, 6.07) is 0.832. The predicted octanol–water partition coefficient (Wildman–Crippen LogP) is 3.49. The summed E-state index contributed by atoms with van der Waals surface area (Å²) < 4.78 is 6.09. The van der Waals surface area contributed by atoms with Crippen molar-refractivity contribution in [3.63, 3.8) is 0 Å². The Kier molecular flexibility index (Phi) is 10.8. The van der Waals surface area contributed by atoms with Gasteiger partial charge in [0.2, 0.25) is 0 Å². The minimum absolute atomic E-state index is 0. The predicted molar refractivity (Wildman–Crippen MR) is 122 cm³/mol. The third-order valence-electron chi connectivity index (χ3n) is 5.29. The van der Waals surface area contributed by atoms with Crippen molar-refractivity contribution in [2.24, 2.45) is 16.3 Å². The van der Waals surface area contributed by atoms with Gasteiger partial charge in [-0.05, 0) is 44.6 Å². The minimum atomic E-state index is 0. The van der Waals surface area contributed by atoms with Crippen LogP contribution in [0.4, 0.5) is 0 Å². The zero-order chi connectivity index (χ0) is 18.3. The van der Waals surface area contributed by atoms with Crippen LogP contribution >= 0.6 is 24.0 Å². The lowest BCUT2D eigenvalue weighted by Gasteiger charge is -2.39. The Labute approximate surface area is 178 Å². The van der Waals surface area contributed by atoms with E-state index in [2.05, 4.69) is 50.2 Å². The molecule has 26 heavy (non-hydrogen) atoms. The summed E-state index contributed by atoms with van der Waals surface area (Å²) >= 11 is 0. The Morgan fingerprint density at radius 1 is 1.15 bits per heavy atom. The van der Waals surface area contributed by atoms with Crippen LogP contribution in [0.15, 0.2) is 4.99 Å². The standard InChI is InChI=1S/C20H40N4O.HI/c1-6-21-19(22-12-13-24(7-2)17-10-11-17)23-15-16-9-8-14-25-18(16)20(3,4)5;/h16-18H,6-15H2,1-5H3,(H2,21,22,23);1H. The molecule has 0 amide bonds. The number of likely N-dealkylation sites (N-methyl/N-ethyl adjacent to an activating group) is 1. The molecule has 2 atom stereocenters. The van der Waals surface area contributed by atoms with Gasteiger partial charge in [0.1, 0.15) is 0 Å². The average Bonchev–Trinajstić information content (AvgIpc) is 3.41. The first kappa shape index (κ1) is 24.0. The van der Waals surface area contributed by atoms with Crippen molar-refractivity contribution < 1.29 is 4.74 Å². The minimum Gasteiger partial charge on any atom is -0.377 e. The van der Waals surface area contributed by atoms with Gasteiger partial charge in [-0.2, -0.15) is 0 Å². The van der Waals surface area contributed by atoms with E-state index in [-0.39, 0.29) is 29.4 Å². The Hall–Kier alpha value is -0.0800. The summed E-state index contributed by atoms with van der Waals surface area (Å²) in [5.74, 6) is 1.47. The van der Waals surface area contributed by atoms with Crippen LogP contribution in [0.2, 0.25) is 0 Å². The average molecular weight is 480 g/mol. The van der Waals surface area contributed by atoms with Gasteiger partial charge < -0.3 is 15.4 Å². The van der Waals surface area contributed by atoms with E-state index in [1.807, 2.05) is 0 Å². The quantitative estimate of drug-likeness (QED) is 0.317. The van der Waals surface area contributed by atoms with Crippen LogP contribution in [0.25, 0.3) is 0 Å². The van der Waals surface area contributed by atoms with Gasteiger partial charge in [-0.3, -0.25) is 9.89 Å². The summed E-state index contributed by atoms with van der Waals surface area (Å²) in [6.07, 6.45) is 5.42. The molecule has 0 aromatic heterocycles. The molecule has 1 aliphatic carbocycles. The molecule has 1 saturated heterocycles. The summed E-state index contributed by atoms with van der Waals surface area (Å²) in [5, 5.41) is 6.91. The molecular formula is C20H41IN4O. The normalized spacial score (nSPS) is 24.3. The summed E-state index contributed by atoms with van der Waals surface area (Å²) in [7, 11) is 0. The number of hydrogen-bond donors (Lipinski definition) is 2. The molecule has 1 saturated carbocycles. The lowest BCUT2D eigenvalue weighted by atomic mass is 9.78. The summed E-state index contributed by atoms with van der Waals surface area (Å²) in [6.45, 7) is 17.1. The highest BCUT2D eigenvalue weighted by atomic mass is 127. The van der Waals surface area contributed by atoms with E-state index in [0.29, 0.717) is 12.0 Å². The van der Waals surface area contributed by atoms with E-state index in [1.165, 1.54) is 19.3 Å². The maximum atomic E-state index is 6.09. The zero-order valence-corrected chi connectivity index (χ0v) is 19.8. The molecule has 0 aromatic rings. The summed E-state index contributed by atoms with van der Waals surface area (Å²) in [4.78, 5) is 7.45. The Balaban J connectivity index is 0.00000338. The van der Waals surface area contributed by atoms with Gasteiger partial charge in [0.25, 0.3) is 0 Å². The zero-order valence-electron chi connectivity index (χ0n) is 17.5. The highest BCUT2D eigenvalue weighted by Crippen LogP contribution is 2.34. The first-order valence-corrected chi connectivity index (χ1v) is 10.3. The number of rotatable bonds is 8. The molecule has 2 unspecified atom stereocenters. The van der Waals surface area contributed by atoms with Crippen LogP contribution in [0.5, 0.6) is 0 Å². The van der Waals surface area contributed by atoms with E-state index in [4.69, 9.17) is 9.73 Å². The van der Waals surface area contributed by atoms with E-state index in [0.717, 1.165) is 57.8 Å². The second-order valence-electron chi connectivity index (χ2n) is 8.57. The fourth-order valence-corrected chi connectivity index (χ4v) is 3.89. The second-order valence-corrected chi connectivity index (χ2v) is 8.57. The molecule has 1 aliphatic heterocycles. The molecule has 1 heterocycles. The van der Waals surface area contributed by atoms with Crippen molar-refractivity contribution in [3.8, 4) is 0 Å². The van der Waals surface area contributed by atoms with Crippen molar-refractivity contribution in [3.05, 3.63) is 0 Å². The molecule has 0 aromatic carbocycles. The molecule has 2 aliphatic rings. The topological polar surface area (TPSA) is 48.9 Å². The highest BCUT2D eigenvalue weighted by molar-refractivity contribution is 14.0. The fraction of sp³-hybridized carbons (Fsp3) is 0.950. The second kappa shape index (κ2) is 11.7. The van der Waals surface area contributed by atoms with Crippen molar-refractivity contribution in [1.29, 1.82) is 0 Å². The molecule has 6 heteroatoms. The lowest BCUT2D eigenvalue weighted by molar-refractivity contribution is -0.0823.